The van der Waals surface area contributed by atoms with E-state index in [0.29, 0.717) is 6.42 Å². The van der Waals surface area contributed by atoms with Gasteiger partial charge in [0.05, 0.1) is 18.8 Å². The first-order valence-electron chi connectivity index (χ1n) is 6.22. The number of hydrogen-bond acceptors (Lipinski definition) is 4. The molecule has 100 valence electrons. The molecule has 0 saturated carbocycles. The van der Waals surface area contributed by atoms with Crippen molar-refractivity contribution in [3.63, 3.8) is 0 Å². The molecule has 0 bridgehead atoms. The van der Waals surface area contributed by atoms with Crippen LogP contribution in [0.3, 0.4) is 0 Å². The highest BCUT2D eigenvalue weighted by molar-refractivity contribution is 5.81. The van der Waals surface area contributed by atoms with E-state index < -0.39 is 6.10 Å². The molecule has 0 aliphatic heterocycles. The fraction of sp³-hybridized carbons (Fsp3) is 0.769. The predicted molar refractivity (Wildman–Crippen MR) is 66.5 cm³/mol. The maximum atomic E-state index is 10.9. The Labute approximate surface area is 103 Å². The summed E-state index contributed by atoms with van der Waals surface area (Å²) in [7, 11) is 0. The molecule has 0 fully saturated rings. The molecule has 0 aromatic rings. The van der Waals surface area contributed by atoms with Crippen LogP contribution in [0.1, 0.15) is 45.4 Å². The predicted octanol–water partition coefficient (Wildman–Crippen LogP) is 1.80. The SMILES string of the molecule is C=CC(=O)OC(C)CCCCCCC(O)CO. The van der Waals surface area contributed by atoms with Gasteiger partial charge in [-0.3, -0.25) is 0 Å². The van der Waals surface area contributed by atoms with Gasteiger partial charge in [0.1, 0.15) is 0 Å². The molecule has 0 radical (unpaired) electrons. The molecule has 0 aliphatic carbocycles. The van der Waals surface area contributed by atoms with Crippen molar-refractivity contribution in [1.29, 1.82) is 0 Å². The minimum Gasteiger partial charge on any atom is -0.460 e. The quantitative estimate of drug-likeness (QED) is 0.349. The summed E-state index contributed by atoms with van der Waals surface area (Å²) >= 11 is 0. The lowest BCUT2D eigenvalue weighted by Crippen LogP contribution is -2.12. The van der Waals surface area contributed by atoms with Gasteiger partial charge in [0.2, 0.25) is 0 Å². The van der Waals surface area contributed by atoms with E-state index in [0.717, 1.165) is 32.1 Å². The van der Waals surface area contributed by atoms with Crippen LogP contribution in [0.15, 0.2) is 12.7 Å². The number of rotatable bonds is 10. The zero-order valence-corrected chi connectivity index (χ0v) is 10.6. The minimum atomic E-state index is -0.581. The monoisotopic (exact) mass is 244 g/mol. The van der Waals surface area contributed by atoms with Crippen molar-refractivity contribution in [3.05, 3.63) is 12.7 Å². The molecule has 0 amide bonds. The number of esters is 1. The molecule has 0 aromatic carbocycles. The van der Waals surface area contributed by atoms with E-state index in [1.54, 1.807) is 0 Å². The Morgan fingerprint density at radius 2 is 1.88 bits per heavy atom. The van der Waals surface area contributed by atoms with E-state index in [9.17, 15) is 4.79 Å². The fourth-order valence-electron chi connectivity index (χ4n) is 1.56. The number of carbonyl (C=O) groups is 1. The average Bonchev–Trinajstić information content (AvgIpc) is 2.32. The third kappa shape index (κ3) is 10.0. The number of aliphatic hydroxyl groups is 2. The molecular formula is C13H24O4. The van der Waals surface area contributed by atoms with Crippen molar-refractivity contribution in [2.75, 3.05) is 6.61 Å². The van der Waals surface area contributed by atoms with Gasteiger partial charge in [-0.05, 0) is 26.2 Å². The van der Waals surface area contributed by atoms with Gasteiger partial charge < -0.3 is 14.9 Å². The van der Waals surface area contributed by atoms with Crippen LogP contribution in [0.5, 0.6) is 0 Å². The number of unbranched alkanes of at least 4 members (excludes halogenated alkanes) is 3. The van der Waals surface area contributed by atoms with E-state index >= 15 is 0 Å². The van der Waals surface area contributed by atoms with Gasteiger partial charge in [0, 0.05) is 6.08 Å². The van der Waals surface area contributed by atoms with Crippen LogP contribution in [0.4, 0.5) is 0 Å². The lowest BCUT2D eigenvalue weighted by Gasteiger charge is -2.11. The molecule has 2 atom stereocenters. The van der Waals surface area contributed by atoms with Gasteiger partial charge in [-0.15, -0.1) is 0 Å². The molecule has 2 unspecified atom stereocenters. The van der Waals surface area contributed by atoms with Crippen molar-refractivity contribution in [2.45, 2.75) is 57.7 Å². The van der Waals surface area contributed by atoms with Crippen LogP contribution in [0.25, 0.3) is 0 Å². The summed E-state index contributed by atoms with van der Waals surface area (Å²) in [5, 5.41) is 17.7. The van der Waals surface area contributed by atoms with Crippen LogP contribution in [0.2, 0.25) is 0 Å². The summed E-state index contributed by atoms with van der Waals surface area (Å²) in [4.78, 5) is 10.9. The van der Waals surface area contributed by atoms with Crippen LogP contribution >= 0.6 is 0 Å². The summed E-state index contributed by atoms with van der Waals surface area (Å²) in [6.07, 6.45) is 6.02. The van der Waals surface area contributed by atoms with Gasteiger partial charge >= 0.3 is 5.97 Å². The normalized spacial score (nSPS) is 14.1. The van der Waals surface area contributed by atoms with Crippen molar-refractivity contribution in [1.82, 2.24) is 0 Å². The van der Waals surface area contributed by atoms with Gasteiger partial charge in [-0.2, -0.15) is 0 Å². The highest BCUT2D eigenvalue weighted by atomic mass is 16.5. The van der Waals surface area contributed by atoms with Gasteiger partial charge in [-0.1, -0.05) is 25.8 Å². The molecule has 0 rings (SSSR count). The second-order valence-corrected chi connectivity index (χ2v) is 4.28. The van der Waals surface area contributed by atoms with Crippen LogP contribution in [-0.4, -0.2) is 35.0 Å². The van der Waals surface area contributed by atoms with Crippen LogP contribution in [0, 0.1) is 0 Å². The molecule has 4 nitrogen and oxygen atoms in total. The van der Waals surface area contributed by atoms with E-state index in [4.69, 9.17) is 14.9 Å². The van der Waals surface area contributed by atoms with Gasteiger partial charge in [0.15, 0.2) is 0 Å². The molecule has 0 aliphatic rings. The van der Waals surface area contributed by atoms with E-state index in [-0.39, 0.29) is 18.7 Å². The number of carbonyl (C=O) groups excluding carboxylic acids is 1. The smallest absolute Gasteiger partial charge is 0.330 e. The van der Waals surface area contributed by atoms with E-state index in [1.165, 1.54) is 6.08 Å². The molecule has 0 saturated heterocycles. The standard InChI is InChI=1S/C13H24O4/c1-3-13(16)17-11(2)8-6-4-5-7-9-12(15)10-14/h3,11-12,14-15H,1,4-10H2,2H3. The zero-order chi connectivity index (χ0) is 13.1. The summed E-state index contributed by atoms with van der Waals surface area (Å²) in [6.45, 7) is 5.05. The lowest BCUT2D eigenvalue weighted by atomic mass is 10.1. The van der Waals surface area contributed by atoms with Crippen LogP contribution < -0.4 is 0 Å². The van der Waals surface area contributed by atoms with Crippen molar-refractivity contribution in [2.24, 2.45) is 0 Å². The topological polar surface area (TPSA) is 66.8 Å². The second-order valence-electron chi connectivity index (χ2n) is 4.28. The molecule has 0 aromatic heterocycles. The zero-order valence-electron chi connectivity index (χ0n) is 10.6. The van der Waals surface area contributed by atoms with Crippen molar-refractivity contribution >= 4 is 5.97 Å². The maximum absolute atomic E-state index is 10.9. The summed E-state index contributed by atoms with van der Waals surface area (Å²) in [5.74, 6) is -0.372. The van der Waals surface area contributed by atoms with Gasteiger partial charge in [-0.25, -0.2) is 4.79 Å². The number of hydrogen-bond donors (Lipinski definition) is 2. The Kier molecular flexibility index (Phi) is 9.77. The van der Waals surface area contributed by atoms with Crippen molar-refractivity contribution in [3.8, 4) is 0 Å². The molecule has 4 heteroatoms. The first-order chi connectivity index (χ1) is 8.10. The highest BCUT2D eigenvalue weighted by Gasteiger charge is 2.06. The number of ether oxygens (including phenoxy) is 1. The third-order valence-corrected chi connectivity index (χ3v) is 2.59. The molecule has 0 heterocycles. The van der Waals surface area contributed by atoms with Gasteiger partial charge in [0.25, 0.3) is 0 Å². The highest BCUT2D eigenvalue weighted by Crippen LogP contribution is 2.10. The largest absolute Gasteiger partial charge is 0.460 e. The Hall–Kier alpha value is -0.870. The second kappa shape index (κ2) is 10.3. The van der Waals surface area contributed by atoms with Crippen molar-refractivity contribution < 1.29 is 19.7 Å². The maximum Gasteiger partial charge on any atom is 0.330 e. The van der Waals surface area contributed by atoms with E-state index in [1.807, 2.05) is 6.92 Å². The summed E-state index contributed by atoms with van der Waals surface area (Å²) in [6, 6.07) is 0. The molecule has 17 heavy (non-hydrogen) atoms. The summed E-state index contributed by atoms with van der Waals surface area (Å²) < 4.78 is 5.03. The molecule has 2 N–H and O–H groups in total. The Morgan fingerprint density at radius 1 is 1.29 bits per heavy atom. The number of aliphatic hydroxyl groups excluding tert-OH is 2. The Bertz CT molecular complexity index is 215. The average molecular weight is 244 g/mol. The first-order valence-corrected chi connectivity index (χ1v) is 6.22. The summed E-state index contributed by atoms with van der Waals surface area (Å²) in [5.41, 5.74) is 0. The first kappa shape index (κ1) is 16.1. The minimum absolute atomic E-state index is 0.0662. The van der Waals surface area contributed by atoms with E-state index in [2.05, 4.69) is 6.58 Å². The molecular weight excluding hydrogens is 220 g/mol. The Morgan fingerprint density at radius 3 is 2.41 bits per heavy atom. The molecule has 0 spiro atoms. The lowest BCUT2D eigenvalue weighted by molar-refractivity contribution is -0.142. The Balaban J connectivity index is 3.33. The fourth-order valence-corrected chi connectivity index (χ4v) is 1.56. The third-order valence-electron chi connectivity index (χ3n) is 2.59. The van der Waals surface area contributed by atoms with Crippen LogP contribution in [-0.2, 0) is 9.53 Å².